The zero-order valence-corrected chi connectivity index (χ0v) is 15.7. The van der Waals surface area contributed by atoms with Crippen LogP contribution in [0.4, 0.5) is 16.2 Å². The molecular formula is C21H20N4O4. The molecule has 8 heteroatoms. The fourth-order valence-electron chi connectivity index (χ4n) is 3.73. The van der Waals surface area contributed by atoms with Crippen molar-refractivity contribution in [3.8, 4) is 11.5 Å². The average Bonchev–Trinajstić information content (AvgIpc) is 2.74. The van der Waals surface area contributed by atoms with Crippen molar-refractivity contribution < 1.29 is 14.3 Å². The molecule has 2 amide bonds. The second-order valence-corrected chi connectivity index (χ2v) is 7.11. The molecule has 0 unspecified atom stereocenters. The number of benzene rings is 2. The second-order valence-electron chi connectivity index (χ2n) is 7.11. The second kappa shape index (κ2) is 7.12. The van der Waals surface area contributed by atoms with E-state index in [0.717, 1.165) is 25.1 Å². The van der Waals surface area contributed by atoms with Crippen molar-refractivity contribution in [1.29, 1.82) is 0 Å². The Hall–Kier alpha value is -3.55. The average molecular weight is 392 g/mol. The minimum atomic E-state index is -0.410. The zero-order valence-electron chi connectivity index (χ0n) is 15.7. The molecule has 148 valence electrons. The minimum absolute atomic E-state index is 0.0550. The Balaban J connectivity index is 1.36. The molecule has 0 saturated heterocycles. The first kappa shape index (κ1) is 17.5. The number of aromatic nitrogens is 2. The number of nitrogens with zero attached hydrogens (tertiary/aromatic N) is 2. The standard InChI is InChI=1S/C21H20N4O4/c26-20-15-11-13(4-6-16(15)24-19-3-1-2-8-25(19)20)22-21(27)23-14-5-7-17-18(12-14)29-10-9-28-17/h4-7,11-12H,1-3,8-10H2,(H2,22,23,27). The highest BCUT2D eigenvalue weighted by Crippen LogP contribution is 2.32. The van der Waals surface area contributed by atoms with E-state index in [-0.39, 0.29) is 5.56 Å². The molecule has 8 nitrogen and oxygen atoms in total. The van der Waals surface area contributed by atoms with Crippen LogP contribution in [0.3, 0.4) is 0 Å². The van der Waals surface area contributed by atoms with Gasteiger partial charge in [0.1, 0.15) is 19.0 Å². The Kier molecular flexibility index (Phi) is 4.31. The van der Waals surface area contributed by atoms with Crippen LogP contribution in [0, 0.1) is 0 Å². The normalized spacial score (nSPS) is 14.9. The maximum absolute atomic E-state index is 12.8. The molecular weight excluding hydrogens is 372 g/mol. The SMILES string of the molecule is O=C(Nc1ccc2c(c1)OCCO2)Nc1ccc2nc3n(c(=O)c2c1)CCCC3. The first-order valence-corrected chi connectivity index (χ1v) is 9.68. The fraction of sp³-hybridized carbons (Fsp3) is 0.286. The van der Waals surface area contributed by atoms with Crippen LogP contribution in [-0.2, 0) is 13.0 Å². The van der Waals surface area contributed by atoms with Crippen LogP contribution in [0.15, 0.2) is 41.2 Å². The summed E-state index contributed by atoms with van der Waals surface area (Å²) in [6.07, 6.45) is 2.86. The molecule has 0 bridgehead atoms. The van der Waals surface area contributed by atoms with Crippen LogP contribution in [0.5, 0.6) is 11.5 Å². The van der Waals surface area contributed by atoms with Crippen molar-refractivity contribution in [2.24, 2.45) is 0 Å². The molecule has 3 aromatic rings. The number of rotatable bonds is 2. The Morgan fingerprint density at radius 1 is 0.966 bits per heavy atom. The molecule has 2 N–H and O–H groups in total. The van der Waals surface area contributed by atoms with E-state index in [1.54, 1.807) is 41.0 Å². The van der Waals surface area contributed by atoms with Crippen molar-refractivity contribution in [2.45, 2.75) is 25.8 Å². The Morgan fingerprint density at radius 2 is 1.72 bits per heavy atom. The van der Waals surface area contributed by atoms with E-state index < -0.39 is 6.03 Å². The summed E-state index contributed by atoms with van der Waals surface area (Å²) >= 11 is 0. The number of fused-ring (bicyclic) bond motifs is 3. The largest absolute Gasteiger partial charge is 0.486 e. The Morgan fingerprint density at radius 3 is 2.59 bits per heavy atom. The monoisotopic (exact) mass is 392 g/mol. The van der Waals surface area contributed by atoms with Gasteiger partial charge in [-0.1, -0.05) is 0 Å². The highest BCUT2D eigenvalue weighted by Gasteiger charge is 2.16. The van der Waals surface area contributed by atoms with Gasteiger partial charge in [0.2, 0.25) is 0 Å². The molecule has 29 heavy (non-hydrogen) atoms. The summed E-state index contributed by atoms with van der Waals surface area (Å²) in [6.45, 7) is 1.69. The lowest BCUT2D eigenvalue weighted by Gasteiger charge is -2.19. The first-order valence-electron chi connectivity index (χ1n) is 9.68. The molecule has 3 heterocycles. The van der Waals surface area contributed by atoms with E-state index in [2.05, 4.69) is 15.6 Å². The molecule has 0 saturated carbocycles. The van der Waals surface area contributed by atoms with Crippen LogP contribution in [0.25, 0.3) is 10.9 Å². The maximum atomic E-state index is 12.8. The van der Waals surface area contributed by atoms with Crippen molar-refractivity contribution in [2.75, 3.05) is 23.8 Å². The Labute approximate surface area is 166 Å². The molecule has 2 aromatic carbocycles. The fourth-order valence-corrected chi connectivity index (χ4v) is 3.73. The number of amides is 2. The van der Waals surface area contributed by atoms with Crippen molar-refractivity contribution in [1.82, 2.24) is 9.55 Å². The van der Waals surface area contributed by atoms with Crippen molar-refractivity contribution >= 4 is 28.3 Å². The molecule has 1 aromatic heterocycles. The van der Waals surface area contributed by atoms with Crippen LogP contribution < -0.4 is 25.7 Å². The minimum Gasteiger partial charge on any atom is -0.486 e. The highest BCUT2D eigenvalue weighted by molar-refractivity contribution is 6.01. The first-order chi connectivity index (χ1) is 14.2. The third-order valence-corrected chi connectivity index (χ3v) is 5.12. The smallest absolute Gasteiger partial charge is 0.323 e. The van der Waals surface area contributed by atoms with Crippen molar-refractivity contribution in [3.05, 3.63) is 52.6 Å². The molecule has 0 atom stereocenters. The van der Waals surface area contributed by atoms with Gasteiger partial charge in [-0.2, -0.15) is 0 Å². The predicted octanol–water partition coefficient (Wildman–Crippen LogP) is 3.15. The van der Waals surface area contributed by atoms with E-state index in [1.165, 1.54) is 0 Å². The van der Waals surface area contributed by atoms with Gasteiger partial charge in [0.15, 0.2) is 11.5 Å². The van der Waals surface area contributed by atoms with Crippen LogP contribution in [0.2, 0.25) is 0 Å². The molecule has 2 aliphatic rings. The van der Waals surface area contributed by atoms with Gasteiger partial charge in [-0.05, 0) is 43.2 Å². The zero-order chi connectivity index (χ0) is 19.8. The molecule has 2 aliphatic heterocycles. The number of urea groups is 1. The third kappa shape index (κ3) is 3.37. The van der Waals surface area contributed by atoms with Gasteiger partial charge in [-0.15, -0.1) is 0 Å². The van der Waals surface area contributed by atoms with Crippen molar-refractivity contribution in [3.63, 3.8) is 0 Å². The molecule has 5 rings (SSSR count). The summed E-state index contributed by atoms with van der Waals surface area (Å²) in [4.78, 5) is 29.8. The lowest BCUT2D eigenvalue weighted by atomic mass is 10.1. The number of aryl methyl sites for hydroxylation is 1. The van der Waals surface area contributed by atoms with E-state index >= 15 is 0 Å². The van der Waals surface area contributed by atoms with E-state index in [4.69, 9.17) is 9.47 Å². The third-order valence-electron chi connectivity index (χ3n) is 5.12. The number of ether oxygens (including phenoxy) is 2. The van der Waals surface area contributed by atoms with E-state index in [1.807, 2.05) is 0 Å². The summed E-state index contributed by atoms with van der Waals surface area (Å²) < 4.78 is 12.8. The lowest BCUT2D eigenvalue weighted by molar-refractivity contribution is 0.171. The van der Waals surface area contributed by atoms with Gasteiger partial charge >= 0.3 is 6.03 Å². The summed E-state index contributed by atoms with van der Waals surface area (Å²) in [6, 6.07) is 10.0. The quantitative estimate of drug-likeness (QED) is 0.699. The highest BCUT2D eigenvalue weighted by atomic mass is 16.6. The lowest BCUT2D eigenvalue weighted by Crippen LogP contribution is -2.28. The number of hydrogen-bond acceptors (Lipinski definition) is 5. The predicted molar refractivity (Wildman–Crippen MR) is 109 cm³/mol. The number of anilines is 2. The summed E-state index contributed by atoms with van der Waals surface area (Å²) in [7, 11) is 0. The number of hydrogen-bond donors (Lipinski definition) is 2. The summed E-state index contributed by atoms with van der Waals surface area (Å²) in [5.74, 6) is 2.10. The topological polar surface area (TPSA) is 94.5 Å². The van der Waals surface area contributed by atoms with Gasteiger partial charge in [0.05, 0.1) is 10.9 Å². The number of nitrogens with one attached hydrogen (secondary N) is 2. The van der Waals surface area contributed by atoms with Gasteiger partial charge in [-0.25, -0.2) is 9.78 Å². The van der Waals surface area contributed by atoms with Crippen LogP contribution >= 0.6 is 0 Å². The van der Waals surface area contributed by atoms with Gasteiger partial charge < -0.3 is 20.1 Å². The maximum Gasteiger partial charge on any atom is 0.323 e. The molecule has 0 fully saturated rings. The Bertz CT molecular complexity index is 1170. The summed E-state index contributed by atoms with van der Waals surface area (Å²) in [5, 5.41) is 6.05. The van der Waals surface area contributed by atoms with Gasteiger partial charge in [0, 0.05) is 30.4 Å². The van der Waals surface area contributed by atoms with Gasteiger partial charge in [-0.3, -0.25) is 9.36 Å². The van der Waals surface area contributed by atoms with E-state index in [0.29, 0.717) is 53.5 Å². The van der Waals surface area contributed by atoms with E-state index in [9.17, 15) is 9.59 Å². The molecule has 0 aliphatic carbocycles. The summed E-state index contributed by atoms with van der Waals surface area (Å²) in [5.41, 5.74) is 1.72. The van der Waals surface area contributed by atoms with Crippen LogP contribution in [-0.4, -0.2) is 28.8 Å². The molecule has 0 radical (unpaired) electrons. The van der Waals surface area contributed by atoms with Gasteiger partial charge in [0.25, 0.3) is 5.56 Å². The number of carbonyl (C=O) groups excluding carboxylic acids is 1. The number of carbonyl (C=O) groups is 1. The molecule has 0 spiro atoms. The van der Waals surface area contributed by atoms with Crippen LogP contribution in [0.1, 0.15) is 18.7 Å².